The molecule has 0 radical (unpaired) electrons. The second-order valence-electron chi connectivity index (χ2n) is 6.52. The zero-order valence-corrected chi connectivity index (χ0v) is 16.5. The highest BCUT2D eigenvalue weighted by molar-refractivity contribution is 5.89. The number of ketones is 1. The fourth-order valence-electron chi connectivity index (χ4n) is 2.91. The van der Waals surface area contributed by atoms with Crippen LogP contribution in [0.25, 0.3) is 0 Å². The molecule has 2 N–H and O–H groups in total. The Morgan fingerprint density at radius 3 is 2.43 bits per heavy atom. The van der Waals surface area contributed by atoms with Crippen LogP contribution >= 0.6 is 0 Å². The van der Waals surface area contributed by atoms with Crippen LogP contribution in [0.5, 0.6) is 5.75 Å². The number of nitrogens with one attached hydrogen (secondary N) is 1. The van der Waals surface area contributed by atoms with Crippen molar-refractivity contribution in [1.82, 2.24) is 0 Å². The van der Waals surface area contributed by atoms with Crippen LogP contribution < -0.4 is 15.0 Å². The number of nitrogens with zero attached hydrogens (tertiary/aromatic N) is 1. The van der Waals surface area contributed by atoms with Gasteiger partial charge in [-0.05, 0) is 43.2 Å². The number of ether oxygens (including phenoxy) is 1. The number of Topliss-reactive ketones (excluding diaryl/α,β-unsaturated/α-hetero) is 1. The Morgan fingerprint density at radius 2 is 1.75 bits per heavy atom. The molecule has 0 spiro atoms. The van der Waals surface area contributed by atoms with Gasteiger partial charge in [-0.3, -0.25) is 4.79 Å². The normalized spacial score (nSPS) is 10.4. The fraction of sp³-hybridized carbons (Fsp3) is 0.364. The Bertz CT molecular complexity index is 786. The topological polar surface area (TPSA) is 78.9 Å². The standard InChI is InChI=1S/C22H28N2O4/c1-3-12-24(13-4-2)20-10-5-6-11-21(20)28-16-19(25)15-23-18-9-7-8-17(14-18)22(26)27/h5-11,14,23H,3-4,12-13,15-16H2,1-2H3,(H,26,27). The van der Waals surface area contributed by atoms with E-state index in [1.165, 1.54) is 12.1 Å². The number of benzene rings is 2. The van der Waals surface area contributed by atoms with Crippen molar-refractivity contribution in [3.63, 3.8) is 0 Å². The van der Waals surface area contributed by atoms with Gasteiger partial charge in [0.1, 0.15) is 12.4 Å². The van der Waals surface area contributed by atoms with Crippen molar-refractivity contribution in [1.29, 1.82) is 0 Å². The van der Waals surface area contributed by atoms with Gasteiger partial charge in [0, 0.05) is 18.8 Å². The van der Waals surface area contributed by atoms with Crippen molar-refractivity contribution in [3.8, 4) is 5.75 Å². The summed E-state index contributed by atoms with van der Waals surface area (Å²) in [5.74, 6) is -0.419. The number of para-hydroxylation sites is 2. The van der Waals surface area contributed by atoms with Crippen molar-refractivity contribution < 1.29 is 19.4 Å². The van der Waals surface area contributed by atoms with Gasteiger partial charge in [-0.15, -0.1) is 0 Å². The largest absolute Gasteiger partial charge is 0.484 e. The molecule has 0 aliphatic carbocycles. The van der Waals surface area contributed by atoms with Gasteiger partial charge < -0.3 is 20.1 Å². The molecule has 2 aromatic carbocycles. The Balaban J connectivity index is 1.94. The summed E-state index contributed by atoms with van der Waals surface area (Å²) in [5.41, 5.74) is 1.77. The van der Waals surface area contributed by atoms with E-state index in [4.69, 9.17) is 9.84 Å². The average Bonchev–Trinajstić information content (AvgIpc) is 2.71. The maximum absolute atomic E-state index is 12.2. The quantitative estimate of drug-likeness (QED) is 0.574. The van der Waals surface area contributed by atoms with E-state index in [1.54, 1.807) is 12.1 Å². The number of hydrogen-bond donors (Lipinski definition) is 2. The molecule has 0 unspecified atom stereocenters. The van der Waals surface area contributed by atoms with Crippen molar-refractivity contribution >= 4 is 23.1 Å². The van der Waals surface area contributed by atoms with Gasteiger partial charge in [0.25, 0.3) is 0 Å². The minimum Gasteiger partial charge on any atom is -0.484 e. The zero-order valence-electron chi connectivity index (χ0n) is 16.5. The average molecular weight is 384 g/mol. The van der Waals surface area contributed by atoms with Gasteiger partial charge >= 0.3 is 5.97 Å². The SMILES string of the molecule is CCCN(CCC)c1ccccc1OCC(=O)CNc1cccc(C(=O)O)c1. The fourth-order valence-corrected chi connectivity index (χ4v) is 2.91. The van der Waals surface area contributed by atoms with Crippen molar-refractivity contribution in [3.05, 3.63) is 54.1 Å². The van der Waals surface area contributed by atoms with Crippen LogP contribution in [0.4, 0.5) is 11.4 Å². The van der Waals surface area contributed by atoms with Gasteiger partial charge in [-0.1, -0.05) is 32.0 Å². The highest BCUT2D eigenvalue weighted by Crippen LogP contribution is 2.28. The molecule has 0 aromatic heterocycles. The lowest BCUT2D eigenvalue weighted by Crippen LogP contribution is -2.26. The first-order chi connectivity index (χ1) is 13.5. The molecule has 0 fully saturated rings. The van der Waals surface area contributed by atoms with Crippen molar-refractivity contribution in [2.24, 2.45) is 0 Å². The first-order valence-electron chi connectivity index (χ1n) is 9.60. The number of carbonyl (C=O) groups is 2. The van der Waals surface area contributed by atoms with Gasteiger partial charge in [0.05, 0.1) is 17.8 Å². The predicted octanol–water partition coefficient (Wildman–Crippen LogP) is 4.07. The molecule has 0 saturated carbocycles. The summed E-state index contributed by atoms with van der Waals surface area (Å²) in [6, 6.07) is 14.1. The van der Waals surface area contributed by atoms with Gasteiger partial charge in [-0.25, -0.2) is 4.79 Å². The van der Waals surface area contributed by atoms with E-state index >= 15 is 0 Å². The molecule has 0 heterocycles. The molecule has 0 bridgehead atoms. The molecule has 0 saturated heterocycles. The van der Waals surface area contributed by atoms with Crippen LogP contribution in [0.3, 0.4) is 0 Å². The third kappa shape index (κ3) is 6.30. The Labute approximate surface area is 166 Å². The molecule has 150 valence electrons. The van der Waals surface area contributed by atoms with Crippen molar-refractivity contribution in [2.75, 3.05) is 36.5 Å². The summed E-state index contributed by atoms with van der Waals surface area (Å²) in [4.78, 5) is 25.5. The number of carboxylic acid groups (broad SMARTS) is 1. The molecule has 2 aromatic rings. The first-order valence-corrected chi connectivity index (χ1v) is 9.60. The molecular formula is C22H28N2O4. The summed E-state index contributed by atoms with van der Waals surface area (Å²) in [6.07, 6.45) is 2.07. The van der Waals surface area contributed by atoms with Crippen LogP contribution in [-0.2, 0) is 4.79 Å². The van der Waals surface area contributed by atoms with Gasteiger partial charge in [-0.2, -0.15) is 0 Å². The van der Waals surface area contributed by atoms with E-state index in [0.717, 1.165) is 31.6 Å². The monoisotopic (exact) mass is 384 g/mol. The molecule has 0 amide bonds. The number of carboxylic acids is 1. The molecule has 2 rings (SSSR count). The number of anilines is 2. The molecule has 0 aliphatic rings. The number of aromatic carboxylic acids is 1. The number of carbonyl (C=O) groups excluding carboxylic acids is 1. The highest BCUT2D eigenvalue weighted by atomic mass is 16.5. The molecule has 0 atom stereocenters. The molecule has 28 heavy (non-hydrogen) atoms. The second-order valence-corrected chi connectivity index (χ2v) is 6.52. The molecule has 6 nitrogen and oxygen atoms in total. The van der Waals surface area contributed by atoms with E-state index < -0.39 is 5.97 Å². The van der Waals surface area contributed by atoms with E-state index in [1.807, 2.05) is 24.3 Å². The number of hydrogen-bond acceptors (Lipinski definition) is 5. The van der Waals surface area contributed by atoms with Crippen LogP contribution in [0, 0.1) is 0 Å². The smallest absolute Gasteiger partial charge is 0.335 e. The van der Waals surface area contributed by atoms with E-state index in [2.05, 4.69) is 24.1 Å². The predicted molar refractivity (Wildman–Crippen MR) is 112 cm³/mol. The minimum absolute atomic E-state index is 0.0469. The van der Waals surface area contributed by atoms with Gasteiger partial charge in [0.15, 0.2) is 5.78 Å². The van der Waals surface area contributed by atoms with Gasteiger partial charge in [0.2, 0.25) is 0 Å². The van der Waals surface area contributed by atoms with Crippen LogP contribution in [0.1, 0.15) is 37.0 Å². The Kier molecular flexibility index (Phi) is 8.34. The van der Waals surface area contributed by atoms with Crippen molar-refractivity contribution in [2.45, 2.75) is 26.7 Å². The zero-order chi connectivity index (χ0) is 20.4. The first kappa shape index (κ1) is 21.3. The lowest BCUT2D eigenvalue weighted by Gasteiger charge is -2.26. The molecular weight excluding hydrogens is 356 g/mol. The second kappa shape index (κ2) is 11.0. The van der Waals surface area contributed by atoms with E-state index in [-0.39, 0.29) is 24.5 Å². The maximum Gasteiger partial charge on any atom is 0.335 e. The third-order valence-electron chi connectivity index (χ3n) is 4.18. The molecule has 0 aliphatic heterocycles. The third-order valence-corrected chi connectivity index (χ3v) is 4.18. The Hall–Kier alpha value is -3.02. The summed E-state index contributed by atoms with van der Waals surface area (Å²) in [7, 11) is 0. The van der Waals surface area contributed by atoms with Crippen LogP contribution in [-0.4, -0.2) is 43.1 Å². The highest BCUT2D eigenvalue weighted by Gasteiger charge is 2.12. The summed E-state index contributed by atoms with van der Waals surface area (Å²) >= 11 is 0. The molecule has 6 heteroatoms. The summed E-state index contributed by atoms with van der Waals surface area (Å²) in [6.45, 7) is 6.17. The van der Waals surface area contributed by atoms with E-state index in [9.17, 15) is 9.59 Å². The lowest BCUT2D eigenvalue weighted by molar-refractivity contribution is -0.119. The number of rotatable bonds is 12. The summed E-state index contributed by atoms with van der Waals surface area (Å²) in [5, 5.41) is 12.0. The lowest BCUT2D eigenvalue weighted by atomic mass is 10.2. The van der Waals surface area contributed by atoms with E-state index in [0.29, 0.717) is 11.4 Å². The summed E-state index contributed by atoms with van der Waals surface area (Å²) < 4.78 is 5.80. The van der Waals surface area contributed by atoms with Crippen LogP contribution in [0.2, 0.25) is 0 Å². The Morgan fingerprint density at radius 1 is 1.04 bits per heavy atom. The minimum atomic E-state index is -1.00. The maximum atomic E-state index is 12.2. The van der Waals surface area contributed by atoms with Crippen LogP contribution in [0.15, 0.2) is 48.5 Å².